The van der Waals surface area contributed by atoms with E-state index in [9.17, 15) is 9.59 Å². The Balaban J connectivity index is 1.74. The molecule has 1 saturated carbocycles. The van der Waals surface area contributed by atoms with Crippen LogP contribution >= 0.6 is 0 Å². The fraction of sp³-hybridized carbons (Fsp3) is 0.348. The Bertz CT molecular complexity index is 838. The molecular formula is C23H25NO3. The first-order chi connectivity index (χ1) is 13.0. The van der Waals surface area contributed by atoms with Crippen molar-refractivity contribution in [3.8, 4) is 5.75 Å². The fourth-order valence-corrected chi connectivity index (χ4v) is 3.48. The van der Waals surface area contributed by atoms with E-state index in [1.165, 1.54) is 0 Å². The van der Waals surface area contributed by atoms with E-state index >= 15 is 0 Å². The molecule has 140 valence electrons. The zero-order chi connectivity index (χ0) is 19.4. The summed E-state index contributed by atoms with van der Waals surface area (Å²) < 4.78 is 5.35. The highest BCUT2D eigenvalue weighted by atomic mass is 16.5. The summed E-state index contributed by atoms with van der Waals surface area (Å²) in [7, 11) is 0. The number of ketones is 1. The molecule has 0 radical (unpaired) electrons. The SMILES string of the molecule is CC1CCC(C(C)C)C(=O)C1=Cc1ccc(OC(=O)c2ccccn2)cc1. The van der Waals surface area contributed by atoms with Gasteiger partial charge in [-0.1, -0.05) is 39.0 Å². The third-order valence-electron chi connectivity index (χ3n) is 5.15. The molecule has 3 rings (SSSR count). The van der Waals surface area contributed by atoms with Crippen molar-refractivity contribution in [2.75, 3.05) is 0 Å². The molecule has 0 amide bonds. The fourth-order valence-electron chi connectivity index (χ4n) is 3.48. The number of aromatic nitrogens is 1. The van der Waals surface area contributed by atoms with Gasteiger partial charge in [-0.05, 0) is 66.2 Å². The van der Waals surface area contributed by atoms with Gasteiger partial charge in [-0.2, -0.15) is 0 Å². The van der Waals surface area contributed by atoms with Gasteiger partial charge in [0, 0.05) is 12.1 Å². The number of nitrogens with zero attached hydrogens (tertiary/aromatic N) is 1. The van der Waals surface area contributed by atoms with Crippen molar-refractivity contribution in [2.45, 2.75) is 33.6 Å². The molecule has 1 fully saturated rings. The van der Waals surface area contributed by atoms with Crippen LogP contribution in [0.1, 0.15) is 49.7 Å². The Labute approximate surface area is 160 Å². The smallest absolute Gasteiger partial charge is 0.362 e. The lowest BCUT2D eigenvalue weighted by atomic mass is 9.73. The van der Waals surface area contributed by atoms with Gasteiger partial charge in [-0.3, -0.25) is 4.79 Å². The molecule has 1 aliphatic carbocycles. The highest BCUT2D eigenvalue weighted by Gasteiger charge is 2.32. The lowest BCUT2D eigenvalue weighted by Gasteiger charge is -2.30. The van der Waals surface area contributed by atoms with E-state index < -0.39 is 5.97 Å². The minimum Gasteiger partial charge on any atom is -0.422 e. The summed E-state index contributed by atoms with van der Waals surface area (Å²) in [6.45, 7) is 6.34. The third kappa shape index (κ3) is 4.51. The molecular weight excluding hydrogens is 338 g/mol. The molecule has 1 aliphatic rings. The van der Waals surface area contributed by atoms with E-state index in [0.717, 1.165) is 24.0 Å². The number of ether oxygens (including phenoxy) is 1. The molecule has 0 bridgehead atoms. The van der Waals surface area contributed by atoms with E-state index in [-0.39, 0.29) is 23.3 Å². The minimum absolute atomic E-state index is 0.117. The molecule has 4 nitrogen and oxygen atoms in total. The third-order valence-corrected chi connectivity index (χ3v) is 5.15. The van der Waals surface area contributed by atoms with E-state index in [0.29, 0.717) is 11.7 Å². The van der Waals surface area contributed by atoms with Crippen LogP contribution in [0.25, 0.3) is 6.08 Å². The van der Waals surface area contributed by atoms with Crippen molar-refractivity contribution in [3.05, 3.63) is 65.5 Å². The molecule has 2 aromatic rings. The standard InChI is InChI=1S/C23H25NO3/c1-15(2)19-12-7-16(3)20(22(19)25)14-17-8-10-18(11-9-17)27-23(26)21-6-4-5-13-24-21/h4-6,8-11,13-16,19H,7,12H2,1-3H3. The molecule has 2 unspecified atom stereocenters. The summed E-state index contributed by atoms with van der Waals surface area (Å²) >= 11 is 0. The van der Waals surface area contributed by atoms with Crippen LogP contribution in [0, 0.1) is 17.8 Å². The lowest BCUT2D eigenvalue weighted by Crippen LogP contribution is -2.30. The maximum atomic E-state index is 12.8. The molecule has 1 heterocycles. The van der Waals surface area contributed by atoms with Crippen molar-refractivity contribution in [1.29, 1.82) is 0 Å². The molecule has 0 spiro atoms. The van der Waals surface area contributed by atoms with E-state index in [4.69, 9.17) is 4.74 Å². The number of hydrogen-bond acceptors (Lipinski definition) is 4. The second-order valence-corrected chi connectivity index (χ2v) is 7.47. The number of benzene rings is 1. The maximum Gasteiger partial charge on any atom is 0.362 e. The van der Waals surface area contributed by atoms with Crippen molar-refractivity contribution in [2.24, 2.45) is 17.8 Å². The number of hydrogen-bond donors (Lipinski definition) is 0. The molecule has 4 heteroatoms. The summed E-state index contributed by atoms with van der Waals surface area (Å²) in [5.41, 5.74) is 2.11. The maximum absolute atomic E-state index is 12.8. The number of carbonyl (C=O) groups is 2. The first-order valence-corrected chi connectivity index (χ1v) is 9.44. The first-order valence-electron chi connectivity index (χ1n) is 9.44. The monoisotopic (exact) mass is 363 g/mol. The number of pyridine rings is 1. The second kappa shape index (κ2) is 8.30. The Kier molecular flexibility index (Phi) is 5.84. The lowest BCUT2D eigenvalue weighted by molar-refractivity contribution is -0.122. The van der Waals surface area contributed by atoms with Gasteiger partial charge in [0.2, 0.25) is 0 Å². The molecule has 1 aromatic carbocycles. The minimum atomic E-state index is -0.488. The van der Waals surface area contributed by atoms with Crippen LogP contribution < -0.4 is 4.74 Å². The molecule has 2 atom stereocenters. The average Bonchev–Trinajstić information content (AvgIpc) is 2.66. The van der Waals surface area contributed by atoms with Crippen LogP contribution in [0.3, 0.4) is 0 Å². The van der Waals surface area contributed by atoms with Gasteiger partial charge < -0.3 is 4.74 Å². The van der Waals surface area contributed by atoms with Gasteiger partial charge >= 0.3 is 5.97 Å². The summed E-state index contributed by atoms with van der Waals surface area (Å²) in [5, 5.41) is 0. The Morgan fingerprint density at radius 2 is 1.89 bits per heavy atom. The molecule has 27 heavy (non-hydrogen) atoms. The number of carbonyl (C=O) groups excluding carboxylic acids is 2. The zero-order valence-electron chi connectivity index (χ0n) is 16.0. The Hall–Kier alpha value is -2.75. The quantitative estimate of drug-likeness (QED) is 0.438. The van der Waals surface area contributed by atoms with Gasteiger partial charge in [0.05, 0.1) is 0 Å². The number of rotatable bonds is 4. The topological polar surface area (TPSA) is 56.3 Å². The van der Waals surface area contributed by atoms with Crippen molar-refractivity contribution >= 4 is 17.8 Å². The number of Topliss-reactive ketones (excluding diaryl/α,β-unsaturated/α-hetero) is 1. The Morgan fingerprint density at radius 3 is 2.52 bits per heavy atom. The largest absolute Gasteiger partial charge is 0.422 e. The first kappa shape index (κ1) is 19.0. The number of esters is 1. The van der Waals surface area contributed by atoms with Crippen LogP contribution in [0.4, 0.5) is 0 Å². The Morgan fingerprint density at radius 1 is 1.15 bits per heavy atom. The van der Waals surface area contributed by atoms with Crippen LogP contribution in [0.2, 0.25) is 0 Å². The predicted octanol–water partition coefficient (Wildman–Crippen LogP) is 4.96. The second-order valence-electron chi connectivity index (χ2n) is 7.47. The normalized spacial score (nSPS) is 21.5. The van der Waals surface area contributed by atoms with Crippen LogP contribution in [-0.2, 0) is 4.79 Å². The van der Waals surface area contributed by atoms with Crippen molar-refractivity contribution in [1.82, 2.24) is 4.98 Å². The van der Waals surface area contributed by atoms with E-state index in [2.05, 4.69) is 25.8 Å². The van der Waals surface area contributed by atoms with E-state index in [1.54, 1.807) is 36.5 Å². The summed E-state index contributed by atoms with van der Waals surface area (Å²) in [4.78, 5) is 28.9. The summed E-state index contributed by atoms with van der Waals surface area (Å²) in [5.74, 6) is 0.991. The molecule has 0 aliphatic heterocycles. The van der Waals surface area contributed by atoms with Gasteiger partial charge in [-0.25, -0.2) is 9.78 Å². The predicted molar refractivity (Wildman–Crippen MR) is 105 cm³/mol. The number of allylic oxidation sites excluding steroid dienone is 1. The van der Waals surface area contributed by atoms with Gasteiger partial charge in [-0.15, -0.1) is 0 Å². The van der Waals surface area contributed by atoms with Crippen molar-refractivity contribution in [3.63, 3.8) is 0 Å². The van der Waals surface area contributed by atoms with E-state index in [1.807, 2.05) is 18.2 Å². The highest BCUT2D eigenvalue weighted by Crippen LogP contribution is 2.35. The van der Waals surface area contributed by atoms with Gasteiger partial charge in [0.1, 0.15) is 11.4 Å². The van der Waals surface area contributed by atoms with Crippen molar-refractivity contribution < 1.29 is 14.3 Å². The highest BCUT2D eigenvalue weighted by molar-refractivity contribution is 6.02. The molecule has 0 saturated heterocycles. The van der Waals surface area contributed by atoms with Gasteiger partial charge in [0.25, 0.3) is 0 Å². The van der Waals surface area contributed by atoms with Crippen LogP contribution in [0.5, 0.6) is 5.75 Å². The van der Waals surface area contributed by atoms with Crippen LogP contribution in [-0.4, -0.2) is 16.7 Å². The summed E-state index contributed by atoms with van der Waals surface area (Å²) in [6.07, 6.45) is 5.54. The van der Waals surface area contributed by atoms with Crippen LogP contribution in [0.15, 0.2) is 54.2 Å². The average molecular weight is 363 g/mol. The zero-order valence-corrected chi connectivity index (χ0v) is 16.0. The summed E-state index contributed by atoms with van der Waals surface area (Å²) in [6, 6.07) is 12.3. The van der Waals surface area contributed by atoms with Gasteiger partial charge in [0.15, 0.2) is 5.78 Å². The molecule has 0 N–H and O–H groups in total. The molecule has 1 aromatic heterocycles.